The largest absolute Gasteiger partial charge is 0.374 e. The zero-order chi connectivity index (χ0) is 17.2. The van der Waals surface area contributed by atoms with E-state index in [1.54, 1.807) is 18.5 Å². The molecule has 0 spiro atoms. The third-order valence-electron chi connectivity index (χ3n) is 4.41. The van der Waals surface area contributed by atoms with Crippen LogP contribution >= 0.6 is 0 Å². The minimum absolute atomic E-state index is 0.110. The van der Waals surface area contributed by atoms with Gasteiger partial charge in [-0.2, -0.15) is 0 Å². The third-order valence-corrected chi connectivity index (χ3v) is 4.41. The minimum Gasteiger partial charge on any atom is -0.374 e. The van der Waals surface area contributed by atoms with E-state index in [9.17, 15) is 4.39 Å². The minimum atomic E-state index is -0.255. The Morgan fingerprint density at radius 2 is 1.80 bits per heavy atom. The number of pyridine rings is 1. The number of aromatic amines is 1. The molecule has 0 saturated heterocycles. The molecule has 1 atom stereocenters. The number of halogens is 1. The van der Waals surface area contributed by atoms with Crippen LogP contribution in [-0.2, 0) is 0 Å². The summed E-state index contributed by atoms with van der Waals surface area (Å²) in [4.78, 5) is 7.56. The lowest BCUT2D eigenvalue weighted by molar-refractivity contribution is 0.628. The zero-order valence-electron chi connectivity index (χ0n) is 13.8. The van der Waals surface area contributed by atoms with Crippen molar-refractivity contribution in [2.45, 2.75) is 13.0 Å². The predicted octanol–water partition coefficient (Wildman–Crippen LogP) is 5.21. The molecule has 0 radical (unpaired) electrons. The van der Waals surface area contributed by atoms with Crippen molar-refractivity contribution in [3.63, 3.8) is 0 Å². The monoisotopic (exact) mass is 331 g/mol. The first kappa shape index (κ1) is 15.4. The van der Waals surface area contributed by atoms with Crippen LogP contribution in [0.25, 0.3) is 10.9 Å². The molecule has 0 unspecified atom stereocenters. The summed E-state index contributed by atoms with van der Waals surface area (Å²) < 4.78 is 13.6. The number of para-hydroxylation sites is 1. The van der Waals surface area contributed by atoms with Crippen molar-refractivity contribution in [1.29, 1.82) is 0 Å². The summed E-state index contributed by atoms with van der Waals surface area (Å²) in [6.45, 7) is 2.07. The maximum absolute atomic E-state index is 13.6. The highest BCUT2D eigenvalue weighted by Crippen LogP contribution is 2.34. The first-order chi connectivity index (χ1) is 12.2. The van der Waals surface area contributed by atoms with Gasteiger partial charge in [-0.15, -0.1) is 0 Å². The fourth-order valence-electron chi connectivity index (χ4n) is 3.29. The highest BCUT2D eigenvalue weighted by atomic mass is 19.1. The lowest BCUT2D eigenvalue weighted by Crippen LogP contribution is -2.13. The van der Waals surface area contributed by atoms with Crippen LogP contribution in [0.15, 0.2) is 73.1 Å². The maximum atomic E-state index is 13.6. The third kappa shape index (κ3) is 2.98. The quantitative estimate of drug-likeness (QED) is 0.539. The van der Waals surface area contributed by atoms with Crippen molar-refractivity contribution in [1.82, 2.24) is 9.97 Å². The maximum Gasteiger partial charge on any atom is 0.125 e. The van der Waals surface area contributed by atoms with E-state index in [-0.39, 0.29) is 11.9 Å². The van der Waals surface area contributed by atoms with Crippen molar-refractivity contribution in [3.8, 4) is 0 Å². The van der Waals surface area contributed by atoms with Gasteiger partial charge >= 0.3 is 0 Å². The van der Waals surface area contributed by atoms with Crippen LogP contribution < -0.4 is 5.32 Å². The van der Waals surface area contributed by atoms with Gasteiger partial charge in [0.2, 0.25) is 0 Å². The second-order valence-electron chi connectivity index (χ2n) is 6.08. The smallest absolute Gasteiger partial charge is 0.125 e. The molecule has 25 heavy (non-hydrogen) atoms. The van der Waals surface area contributed by atoms with Gasteiger partial charge in [0, 0.05) is 40.2 Å². The van der Waals surface area contributed by atoms with Crippen molar-refractivity contribution in [2.24, 2.45) is 0 Å². The molecule has 2 aromatic carbocycles. The summed E-state index contributed by atoms with van der Waals surface area (Å²) in [5.41, 5.74) is 5.16. The van der Waals surface area contributed by atoms with Gasteiger partial charge in [0.05, 0.1) is 6.04 Å². The van der Waals surface area contributed by atoms with Crippen LogP contribution in [-0.4, -0.2) is 9.97 Å². The molecule has 4 rings (SSSR count). The van der Waals surface area contributed by atoms with E-state index < -0.39 is 0 Å². The van der Waals surface area contributed by atoms with E-state index in [4.69, 9.17) is 0 Å². The number of H-pyrrole nitrogens is 1. The van der Waals surface area contributed by atoms with Crippen LogP contribution in [0.3, 0.4) is 0 Å². The molecule has 0 aliphatic carbocycles. The lowest BCUT2D eigenvalue weighted by atomic mass is 9.96. The Balaban J connectivity index is 1.87. The number of aromatic nitrogens is 2. The second-order valence-corrected chi connectivity index (χ2v) is 6.08. The average Bonchev–Trinajstić information content (AvgIpc) is 2.96. The van der Waals surface area contributed by atoms with Gasteiger partial charge in [-0.25, -0.2) is 4.39 Å². The van der Waals surface area contributed by atoms with E-state index in [2.05, 4.69) is 34.3 Å². The van der Waals surface area contributed by atoms with Crippen LogP contribution in [0, 0.1) is 12.7 Å². The zero-order valence-corrected chi connectivity index (χ0v) is 13.8. The van der Waals surface area contributed by atoms with Crippen molar-refractivity contribution in [3.05, 3.63) is 95.7 Å². The van der Waals surface area contributed by atoms with Gasteiger partial charge < -0.3 is 10.3 Å². The molecule has 3 nitrogen and oxygen atoms in total. The van der Waals surface area contributed by atoms with Gasteiger partial charge in [-0.05, 0) is 48.9 Å². The number of nitrogens with one attached hydrogen (secondary N) is 2. The van der Waals surface area contributed by atoms with E-state index in [1.807, 2.05) is 30.3 Å². The normalized spacial score (nSPS) is 12.2. The van der Waals surface area contributed by atoms with E-state index >= 15 is 0 Å². The molecule has 0 aliphatic rings. The molecule has 0 fully saturated rings. The molecule has 0 amide bonds. The summed E-state index contributed by atoms with van der Waals surface area (Å²) >= 11 is 0. The summed E-state index contributed by atoms with van der Waals surface area (Å²) in [6, 6.07) is 18.6. The molecule has 0 saturated carbocycles. The highest BCUT2D eigenvalue weighted by Gasteiger charge is 2.21. The molecule has 0 bridgehead atoms. The van der Waals surface area contributed by atoms with Crippen molar-refractivity contribution in [2.75, 3.05) is 5.32 Å². The Hall–Kier alpha value is -3.14. The number of fused-ring (bicyclic) bond motifs is 1. The molecule has 4 heteroatoms. The molecule has 124 valence electrons. The van der Waals surface area contributed by atoms with Gasteiger partial charge in [-0.3, -0.25) is 4.98 Å². The fourth-order valence-corrected chi connectivity index (χ4v) is 3.29. The summed E-state index contributed by atoms with van der Waals surface area (Å²) in [6.07, 6.45) is 3.56. The lowest BCUT2D eigenvalue weighted by Gasteiger charge is -2.21. The summed E-state index contributed by atoms with van der Waals surface area (Å²) in [7, 11) is 0. The number of anilines is 1. The fraction of sp³-hybridized carbons (Fsp3) is 0.0952. The molecular formula is C21H18FN3. The van der Waals surface area contributed by atoms with E-state index in [1.165, 1.54) is 12.1 Å². The van der Waals surface area contributed by atoms with Gasteiger partial charge in [0.25, 0.3) is 0 Å². The number of benzene rings is 2. The SMILES string of the molecule is Cc1[nH]c2ccccc2c1[C@H](Nc1cccc(F)c1)c1ccncc1. The Morgan fingerprint density at radius 3 is 2.60 bits per heavy atom. The topological polar surface area (TPSA) is 40.7 Å². The standard InChI is InChI=1S/C21H18FN3/c1-14-20(18-7-2-3-8-19(18)24-14)21(15-9-11-23-12-10-15)25-17-6-4-5-16(22)13-17/h2-13,21,24-25H,1H3/t21-/m1/s1. The highest BCUT2D eigenvalue weighted by molar-refractivity contribution is 5.86. The van der Waals surface area contributed by atoms with Gasteiger partial charge in [0.15, 0.2) is 0 Å². The number of aryl methyl sites for hydroxylation is 1. The van der Waals surface area contributed by atoms with Gasteiger partial charge in [-0.1, -0.05) is 24.3 Å². The number of nitrogens with zero attached hydrogens (tertiary/aromatic N) is 1. The molecular weight excluding hydrogens is 313 g/mol. The molecule has 0 aliphatic heterocycles. The van der Waals surface area contributed by atoms with Crippen LogP contribution in [0.4, 0.5) is 10.1 Å². The van der Waals surface area contributed by atoms with E-state index in [0.717, 1.165) is 33.4 Å². The van der Waals surface area contributed by atoms with Crippen molar-refractivity contribution < 1.29 is 4.39 Å². The van der Waals surface area contributed by atoms with Crippen LogP contribution in [0.2, 0.25) is 0 Å². The van der Waals surface area contributed by atoms with Gasteiger partial charge in [0.1, 0.15) is 5.82 Å². The number of rotatable bonds is 4. The Bertz CT molecular complexity index is 1010. The van der Waals surface area contributed by atoms with Crippen LogP contribution in [0.1, 0.15) is 22.9 Å². The second kappa shape index (κ2) is 6.40. The molecule has 2 N–H and O–H groups in total. The number of hydrogen-bond acceptors (Lipinski definition) is 2. The first-order valence-corrected chi connectivity index (χ1v) is 8.21. The molecule has 2 aromatic heterocycles. The molecule has 4 aromatic rings. The first-order valence-electron chi connectivity index (χ1n) is 8.21. The predicted molar refractivity (Wildman–Crippen MR) is 99.1 cm³/mol. The van der Waals surface area contributed by atoms with E-state index in [0.29, 0.717) is 0 Å². The Morgan fingerprint density at radius 1 is 1.00 bits per heavy atom. The van der Waals surface area contributed by atoms with Crippen LogP contribution in [0.5, 0.6) is 0 Å². The Kier molecular flexibility index (Phi) is 3.94. The Labute approximate surface area is 145 Å². The number of hydrogen-bond donors (Lipinski definition) is 2. The summed E-state index contributed by atoms with van der Waals surface area (Å²) in [5, 5.41) is 4.64. The average molecular weight is 331 g/mol. The van der Waals surface area contributed by atoms with Crippen molar-refractivity contribution >= 4 is 16.6 Å². The summed E-state index contributed by atoms with van der Waals surface area (Å²) in [5.74, 6) is -0.255. The molecule has 2 heterocycles.